The first-order chi connectivity index (χ1) is 11.7. The quantitative estimate of drug-likeness (QED) is 0.823. The normalized spacial score (nSPS) is 21.8. The summed E-state index contributed by atoms with van der Waals surface area (Å²) >= 11 is 0.931. The highest BCUT2D eigenvalue weighted by molar-refractivity contribution is 8.15. The number of fused-ring (bicyclic) bond motifs is 2. The molecule has 2 heterocycles. The topological polar surface area (TPSA) is 82.1 Å². The molecule has 0 aromatic heterocycles. The maximum Gasteiger partial charge on any atom is 0.271 e. The highest BCUT2D eigenvalue weighted by Gasteiger charge is 2.61. The molecule has 2 aliphatic heterocycles. The minimum Gasteiger partial charge on any atom is -0.306 e. The summed E-state index contributed by atoms with van der Waals surface area (Å²) in [7, 11) is 0. The molecule has 0 bridgehead atoms. The zero-order valence-electron chi connectivity index (χ0n) is 14.2. The molecule has 1 aromatic carbocycles. The Balaban J connectivity index is 2.21. The van der Waals surface area contributed by atoms with Crippen LogP contribution in [0.5, 0.6) is 0 Å². The van der Waals surface area contributed by atoms with Gasteiger partial charge in [-0.2, -0.15) is 5.01 Å². The number of hydrogen-bond donors (Lipinski definition) is 1. The predicted molar refractivity (Wildman–Crippen MR) is 92.1 cm³/mol. The molecule has 3 amide bonds. The maximum absolute atomic E-state index is 13.9. The van der Waals surface area contributed by atoms with Gasteiger partial charge in [-0.05, 0) is 43.8 Å². The van der Waals surface area contributed by atoms with Crippen molar-refractivity contribution in [2.45, 2.75) is 38.6 Å². The molecule has 1 atom stereocenters. The van der Waals surface area contributed by atoms with Gasteiger partial charge in [-0.25, -0.2) is 4.39 Å². The van der Waals surface area contributed by atoms with Crippen LogP contribution in [0.1, 0.15) is 33.3 Å². The lowest BCUT2D eigenvalue weighted by molar-refractivity contribution is -0.139. The average molecular weight is 364 g/mol. The van der Waals surface area contributed by atoms with Gasteiger partial charge in [0.1, 0.15) is 5.82 Å². The lowest BCUT2D eigenvalue weighted by Crippen LogP contribution is -2.50. The molecule has 0 radical (unpaired) electrons. The molecular weight excluding hydrogens is 347 g/mol. The Hall–Kier alpha value is -2.42. The molecule has 7 nitrogen and oxygen atoms in total. The summed E-state index contributed by atoms with van der Waals surface area (Å²) in [5.41, 5.74) is 0.870. The van der Waals surface area contributed by atoms with E-state index in [0.29, 0.717) is 11.3 Å². The number of rotatable bonds is 1. The number of carbonyl (C=O) groups excluding carboxylic acids is 3. The van der Waals surface area contributed by atoms with Gasteiger partial charge in [0.25, 0.3) is 5.91 Å². The molecule has 0 saturated carbocycles. The smallest absolute Gasteiger partial charge is 0.271 e. The lowest BCUT2D eigenvalue weighted by atomic mass is 10.1. The number of amides is 3. The van der Waals surface area contributed by atoms with E-state index < -0.39 is 22.5 Å². The number of thioether (sulfide) groups is 1. The van der Waals surface area contributed by atoms with Crippen molar-refractivity contribution in [1.82, 2.24) is 10.3 Å². The maximum atomic E-state index is 13.9. The highest BCUT2D eigenvalue weighted by Crippen LogP contribution is 2.54. The molecule has 3 rings (SSSR count). The van der Waals surface area contributed by atoms with Crippen LogP contribution >= 0.6 is 11.8 Å². The molecule has 0 aliphatic carbocycles. The second-order valence-electron chi connectivity index (χ2n) is 6.09. The second kappa shape index (κ2) is 5.83. The van der Waals surface area contributed by atoms with Crippen molar-refractivity contribution in [2.24, 2.45) is 5.10 Å². The van der Waals surface area contributed by atoms with Crippen molar-refractivity contribution >= 4 is 40.3 Å². The van der Waals surface area contributed by atoms with Gasteiger partial charge in [0.2, 0.25) is 16.7 Å². The van der Waals surface area contributed by atoms with E-state index in [-0.39, 0.29) is 17.1 Å². The van der Waals surface area contributed by atoms with E-state index in [2.05, 4.69) is 10.4 Å². The van der Waals surface area contributed by atoms with Crippen molar-refractivity contribution in [3.05, 3.63) is 29.6 Å². The summed E-state index contributed by atoms with van der Waals surface area (Å²) in [6.45, 7) is 6.23. The van der Waals surface area contributed by atoms with Gasteiger partial charge in [0.15, 0.2) is 5.17 Å². The van der Waals surface area contributed by atoms with E-state index in [9.17, 15) is 18.8 Å². The SMILES string of the molecule is CC(=O)NC1=NN(C(C)=O)[C@@]2(S1)C(=O)N(C(C)C)c1ccc(F)cc12. The molecular formula is C16H17FN4O3S. The summed E-state index contributed by atoms with van der Waals surface area (Å²) in [4.78, 5) is 36.8. The fourth-order valence-electron chi connectivity index (χ4n) is 3.05. The van der Waals surface area contributed by atoms with Gasteiger partial charge in [0.05, 0.1) is 5.69 Å². The molecule has 1 N–H and O–H groups in total. The standard InChI is InChI=1S/C16H17FN4O3S/c1-8(2)20-13-6-5-11(17)7-12(13)16(14(20)24)21(10(4)23)19-15(25-16)18-9(3)22/h5-8H,1-4H3,(H,18,19,22)/t16-/m0/s1. The number of nitrogens with one attached hydrogen (secondary N) is 1. The number of amidine groups is 1. The van der Waals surface area contributed by atoms with Crippen molar-refractivity contribution in [3.8, 4) is 0 Å². The number of hydrogen-bond acceptors (Lipinski definition) is 5. The third-order valence-corrected chi connectivity index (χ3v) is 5.16. The van der Waals surface area contributed by atoms with Crippen LogP contribution in [0.25, 0.3) is 0 Å². The van der Waals surface area contributed by atoms with Gasteiger partial charge in [-0.15, -0.1) is 5.10 Å². The summed E-state index contributed by atoms with van der Waals surface area (Å²) in [5.74, 6) is -1.78. The second-order valence-corrected chi connectivity index (χ2v) is 7.28. The van der Waals surface area contributed by atoms with Crippen molar-refractivity contribution < 1.29 is 18.8 Å². The first-order valence-corrected chi connectivity index (χ1v) is 8.50. The van der Waals surface area contributed by atoms with E-state index in [1.54, 1.807) is 0 Å². The minimum atomic E-state index is -1.55. The van der Waals surface area contributed by atoms with Gasteiger partial charge in [-0.1, -0.05) is 0 Å². The molecule has 0 unspecified atom stereocenters. The Kier molecular flexibility index (Phi) is 4.06. The number of nitrogens with zero attached hydrogens (tertiary/aromatic N) is 3. The summed E-state index contributed by atoms with van der Waals surface area (Å²) < 4.78 is 13.9. The minimum absolute atomic E-state index is 0.122. The van der Waals surface area contributed by atoms with Gasteiger partial charge >= 0.3 is 0 Å². The number of carbonyl (C=O) groups is 3. The van der Waals surface area contributed by atoms with Crippen LogP contribution in [0, 0.1) is 5.82 Å². The molecule has 0 saturated heterocycles. The van der Waals surface area contributed by atoms with Crippen LogP contribution in [0.4, 0.5) is 10.1 Å². The molecule has 25 heavy (non-hydrogen) atoms. The lowest BCUT2D eigenvalue weighted by Gasteiger charge is -2.30. The number of halogens is 1. The van der Waals surface area contributed by atoms with Gasteiger partial charge < -0.3 is 10.2 Å². The van der Waals surface area contributed by atoms with E-state index in [1.165, 1.54) is 36.9 Å². The number of anilines is 1. The van der Waals surface area contributed by atoms with Crippen molar-refractivity contribution in [3.63, 3.8) is 0 Å². The largest absolute Gasteiger partial charge is 0.306 e. The zero-order valence-corrected chi connectivity index (χ0v) is 15.0. The summed E-state index contributed by atoms with van der Waals surface area (Å²) in [6.07, 6.45) is 0. The fraction of sp³-hybridized carbons (Fsp3) is 0.375. The third kappa shape index (κ3) is 2.50. The van der Waals surface area contributed by atoms with E-state index in [4.69, 9.17) is 0 Å². The molecule has 132 valence electrons. The predicted octanol–water partition coefficient (Wildman–Crippen LogP) is 1.74. The Morgan fingerprint density at radius 2 is 2.00 bits per heavy atom. The van der Waals surface area contributed by atoms with Crippen LogP contribution in [0.3, 0.4) is 0 Å². The van der Waals surface area contributed by atoms with Crippen LogP contribution in [0.15, 0.2) is 23.3 Å². The monoisotopic (exact) mass is 364 g/mol. The van der Waals surface area contributed by atoms with Gasteiger partial charge in [0, 0.05) is 25.5 Å². The van der Waals surface area contributed by atoms with E-state index >= 15 is 0 Å². The first kappa shape index (κ1) is 17.4. The zero-order chi connectivity index (χ0) is 18.5. The fourth-order valence-corrected chi connectivity index (χ4v) is 4.36. The Bertz CT molecular complexity index is 826. The van der Waals surface area contributed by atoms with Crippen LogP contribution < -0.4 is 10.2 Å². The highest BCUT2D eigenvalue weighted by atomic mass is 32.2. The Morgan fingerprint density at radius 3 is 2.56 bits per heavy atom. The molecule has 0 fully saturated rings. The molecule has 1 aromatic rings. The van der Waals surface area contributed by atoms with Crippen molar-refractivity contribution in [1.29, 1.82) is 0 Å². The van der Waals surface area contributed by atoms with Crippen molar-refractivity contribution in [2.75, 3.05) is 4.90 Å². The van der Waals surface area contributed by atoms with E-state index in [1.807, 2.05) is 13.8 Å². The average Bonchev–Trinajstić information content (AvgIpc) is 2.98. The Labute approximate surface area is 148 Å². The van der Waals surface area contributed by atoms with Crippen LogP contribution in [-0.4, -0.2) is 33.9 Å². The van der Waals surface area contributed by atoms with Crippen LogP contribution in [-0.2, 0) is 19.3 Å². The first-order valence-electron chi connectivity index (χ1n) is 7.68. The third-order valence-electron chi connectivity index (χ3n) is 3.92. The Morgan fingerprint density at radius 1 is 1.32 bits per heavy atom. The molecule has 2 aliphatic rings. The summed E-state index contributed by atoms with van der Waals surface area (Å²) in [5, 5.41) is 7.74. The molecule has 9 heteroatoms. The number of hydrazone groups is 1. The van der Waals surface area contributed by atoms with Gasteiger partial charge in [-0.3, -0.25) is 14.4 Å². The number of benzene rings is 1. The summed E-state index contributed by atoms with van der Waals surface area (Å²) in [6, 6.07) is 3.83. The molecule has 1 spiro atoms. The van der Waals surface area contributed by atoms with E-state index in [0.717, 1.165) is 16.8 Å². The van der Waals surface area contributed by atoms with Crippen LogP contribution in [0.2, 0.25) is 0 Å².